The van der Waals surface area contributed by atoms with Crippen LogP contribution in [0.1, 0.15) is 18.1 Å². The maximum absolute atomic E-state index is 13.3. The minimum absolute atomic E-state index is 0.0620. The Morgan fingerprint density at radius 2 is 1.72 bits per heavy atom. The van der Waals surface area contributed by atoms with Crippen molar-refractivity contribution < 1.29 is 9.18 Å². The van der Waals surface area contributed by atoms with Crippen molar-refractivity contribution in [3.8, 4) is 0 Å². The fourth-order valence-electron chi connectivity index (χ4n) is 3.43. The van der Waals surface area contributed by atoms with Crippen molar-refractivity contribution in [2.24, 2.45) is 0 Å². The maximum atomic E-state index is 13.3. The highest BCUT2D eigenvalue weighted by molar-refractivity contribution is 5.91. The van der Waals surface area contributed by atoms with Gasteiger partial charge in [0.15, 0.2) is 5.52 Å². The monoisotopic (exact) mass is 435 g/mol. The van der Waals surface area contributed by atoms with Gasteiger partial charge in [-0.25, -0.2) is 9.18 Å². The summed E-state index contributed by atoms with van der Waals surface area (Å²) in [4.78, 5) is 39.0. The molecule has 1 N–H and O–H groups in total. The third-order valence-electron chi connectivity index (χ3n) is 5.16. The third kappa shape index (κ3) is 4.22. The second kappa shape index (κ2) is 8.62. The molecule has 0 saturated heterocycles. The lowest BCUT2D eigenvalue weighted by Gasteiger charge is -2.12. The van der Waals surface area contributed by atoms with Crippen molar-refractivity contribution in [2.45, 2.75) is 33.5 Å². The molecule has 1 amide bonds. The quantitative estimate of drug-likeness (QED) is 0.504. The Hall–Kier alpha value is -4.01. The highest BCUT2D eigenvalue weighted by Gasteiger charge is 2.19. The predicted octanol–water partition coefficient (Wildman–Crippen LogP) is 2.51. The first-order chi connectivity index (χ1) is 15.4. The number of benzene rings is 2. The summed E-state index contributed by atoms with van der Waals surface area (Å²) >= 11 is 0. The van der Waals surface area contributed by atoms with Gasteiger partial charge in [-0.15, -0.1) is 0 Å². The number of rotatable bonds is 6. The SMILES string of the molecule is CCn1cc2c(n1)c(=O)n(Cc1ccc(C)cc1)c(=O)n2CC(=O)Nc1ccc(F)cc1. The molecule has 2 aromatic heterocycles. The van der Waals surface area contributed by atoms with Gasteiger partial charge in [0.2, 0.25) is 5.91 Å². The molecule has 0 radical (unpaired) electrons. The lowest BCUT2D eigenvalue weighted by Crippen LogP contribution is -2.41. The minimum Gasteiger partial charge on any atom is -0.325 e. The van der Waals surface area contributed by atoms with E-state index in [4.69, 9.17) is 0 Å². The lowest BCUT2D eigenvalue weighted by atomic mass is 10.1. The Bertz CT molecular complexity index is 1400. The summed E-state index contributed by atoms with van der Waals surface area (Å²) in [6.07, 6.45) is 1.58. The van der Waals surface area contributed by atoms with Crippen molar-refractivity contribution in [1.82, 2.24) is 18.9 Å². The average molecular weight is 435 g/mol. The molecule has 9 heteroatoms. The highest BCUT2D eigenvalue weighted by Crippen LogP contribution is 2.11. The number of aryl methyl sites for hydroxylation is 2. The fourth-order valence-corrected chi connectivity index (χ4v) is 3.43. The molecule has 2 aromatic carbocycles. The molecular weight excluding hydrogens is 413 g/mol. The average Bonchev–Trinajstić information content (AvgIpc) is 3.22. The van der Waals surface area contributed by atoms with Gasteiger partial charge in [0.25, 0.3) is 5.56 Å². The van der Waals surface area contributed by atoms with Crippen LogP contribution in [0.5, 0.6) is 0 Å². The number of fused-ring (bicyclic) bond motifs is 1. The third-order valence-corrected chi connectivity index (χ3v) is 5.16. The van der Waals surface area contributed by atoms with Crippen LogP contribution in [0, 0.1) is 12.7 Å². The molecule has 0 aliphatic rings. The Morgan fingerprint density at radius 1 is 1.03 bits per heavy atom. The van der Waals surface area contributed by atoms with Gasteiger partial charge in [-0.05, 0) is 43.7 Å². The molecular formula is C23H22FN5O3. The Balaban J connectivity index is 1.75. The molecule has 0 fully saturated rings. The second-order valence-electron chi connectivity index (χ2n) is 7.52. The van der Waals surface area contributed by atoms with Crippen LogP contribution in [0.3, 0.4) is 0 Å². The summed E-state index contributed by atoms with van der Waals surface area (Å²) in [7, 11) is 0. The van der Waals surface area contributed by atoms with Crippen LogP contribution >= 0.6 is 0 Å². The second-order valence-corrected chi connectivity index (χ2v) is 7.52. The standard InChI is InChI=1S/C23H22FN5O3/c1-3-27-13-19-21(26-27)22(31)29(12-16-6-4-15(2)5-7-16)23(32)28(19)14-20(30)25-18-10-8-17(24)9-11-18/h4-11,13H,3,12,14H2,1-2H3,(H,25,30). The van der Waals surface area contributed by atoms with Gasteiger partial charge < -0.3 is 5.32 Å². The largest absolute Gasteiger partial charge is 0.332 e. The Kier molecular flexibility index (Phi) is 5.72. The van der Waals surface area contributed by atoms with Crippen molar-refractivity contribution in [3.05, 3.63) is 92.5 Å². The molecule has 0 aliphatic carbocycles. The van der Waals surface area contributed by atoms with E-state index in [2.05, 4.69) is 10.4 Å². The van der Waals surface area contributed by atoms with Crippen LogP contribution < -0.4 is 16.6 Å². The van der Waals surface area contributed by atoms with E-state index >= 15 is 0 Å². The summed E-state index contributed by atoms with van der Waals surface area (Å²) in [5, 5.41) is 6.94. The van der Waals surface area contributed by atoms with E-state index in [9.17, 15) is 18.8 Å². The van der Waals surface area contributed by atoms with E-state index in [1.165, 1.54) is 28.8 Å². The van der Waals surface area contributed by atoms with Gasteiger partial charge in [0, 0.05) is 18.4 Å². The number of nitrogens with zero attached hydrogens (tertiary/aromatic N) is 4. The molecule has 0 atom stereocenters. The zero-order valence-corrected chi connectivity index (χ0v) is 17.7. The lowest BCUT2D eigenvalue weighted by molar-refractivity contribution is -0.116. The molecule has 0 spiro atoms. The molecule has 4 rings (SSSR count). The number of hydrogen-bond acceptors (Lipinski definition) is 4. The fraction of sp³-hybridized carbons (Fsp3) is 0.217. The summed E-state index contributed by atoms with van der Waals surface area (Å²) in [5.41, 5.74) is 1.54. The van der Waals surface area contributed by atoms with Crippen LogP contribution in [-0.4, -0.2) is 24.8 Å². The maximum Gasteiger partial charge on any atom is 0.332 e. The smallest absolute Gasteiger partial charge is 0.325 e. The zero-order valence-electron chi connectivity index (χ0n) is 17.7. The van der Waals surface area contributed by atoms with E-state index in [1.54, 1.807) is 10.9 Å². The van der Waals surface area contributed by atoms with E-state index in [0.717, 1.165) is 15.7 Å². The van der Waals surface area contributed by atoms with Crippen LogP contribution in [0.25, 0.3) is 11.0 Å². The van der Waals surface area contributed by atoms with Gasteiger partial charge in [-0.3, -0.25) is 23.4 Å². The number of hydrogen-bond donors (Lipinski definition) is 1. The number of amides is 1. The Labute approximate surface area is 182 Å². The number of carbonyl (C=O) groups is 1. The van der Waals surface area contributed by atoms with Crippen molar-refractivity contribution in [2.75, 3.05) is 5.32 Å². The van der Waals surface area contributed by atoms with E-state index in [1.807, 2.05) is 38.1 Å². The molecule has 32 heavy (non-hydrogen) atoms. The number of aromatic nitrogens is 4. The first-order valence-corrected chi connectivity index (χ1v) is 10.2. The van der Waals surface area contributed by atoms with Crippen LogP contribution in [-0.2, 0) is 24.4 Å². The van der Waals surface area contributed by atoms with Crippen molar-refractivity contribution in [3.63, 3.8) is 0 Å². The van der Waals surface area contributed by atoms with Gasteiger partial charge in [-0.2, -0.15) is 5.10 Å². The van der Waals surface area contributed by atoms with Crippen LogP contribution in [0.15, 0.2) is 64.3 Å². The number of anilines is 1. The summed E-state index contributed by atoms with van der Waals surface area (Å²) in [5.74, 6) is -0.902. The predicted molar refractivity (Wildman–Crippen MR) is 119 cm³/mol. The molecule has 0 saturated carbocycles. The Morgan fingerprint density at radius 3 is 2.38 bits per heavy atom. The van der Waals surface area contributed by atoms with Crippen LogP contribution in [0.2, 0.25) is 0 Å². The first-order valence-electron chi connectivity index (χ1n) is 10.2. The zero-order chi connectivity index (χ0) is 22.8. The van der Waals surface area contributed by atoms with Gasteiger partial charge in [-0.1, -0.05) is 29.8 Å². The van der Waals surface area contributed by atoms with Crippen LogP contribution in [0.4, 0.5) is 10.1 Å². The number of carbonyl (C=O) groups excluding carboxylic acids is 1. The van der Waals surface area contributed by atoms with E-state index in [0.29, 0.717) is 12.2 Å². The minimum atomic E-state index is -0.604. The molecule has 0 bridgehead atoms. The molecule has 0 aliphatic heterocycles. The number of nitrogens with one attached hydrogen (secondary N) is 1. The topological polar surface area (TPSA) is 90.9 Å². The van der Waals surface area contributed by atoms with Crippen molar-refractivity contribution >= 4 is 22.6 Å². The summed E-state index contributed by atoms with van der Waals surface area (Å²) in [6, 6.07) is 12.8. The summed E-state index contributed by atoms with van der Waals surface area (Å²) in [6.45, 7) is 4.05. The van der Waals surface area contributed by atoms with E-state index < -0.39 is 23.0 Å². The van der Waals surface area contributed by atoms with Gasteiger partial charge >= 0.3 is 5.69 Å². The van der Waals surface area contributed by atoms with Crippen molar-refractivity contribution in [1.29, 1.82) is 0 Å². The molecule has 4 aromatic rings. The molecule has 0 unspecified atom stereocenters. The molecule has 164 valence electrons. The molecule has 2 heterocycles. The summed E-state index contributed by atoms with van der Waals surface area (Å²) < 4.78 is 17.0. The number of halogens is 1. The first kappa shape index (κ1) is 21.2. The van der Waals surface area contributed by atoms with E-state index in [-0.39, 0.29) is 24.1 Å². The molecule has 8 nitrogen and oxygen atoms in total. The van der Waals surface area contributed by atoms with Gasteiger partial charge in [0.1, 0.15) is 12.4 Å². The normalized spacial score (nSPS) is 11.1. The van der Waals surface area contributed by atoms with Gasteiger partial charge in [0.05, 0.1) is 12.1 Å². The highest BCUT2D eigenvalue weighted by atomic mass is 19.1.